The van der Waals surface area contributed by atoms with E-state index in [0.29, 0.717) is 6.08 Å². The Bertz CT molecular complexity index is 453. The van der Waals surface area contributed by atoms with E-state index < -0.39 is 12.0 Å². The first-order valence-electron chi connectivity index (χ1n) is 4.58. The van der Waals surface area contributed by atoms with Crippen LogP contribution in [0.3, 0.4) is 0 Å². The number of rotatable bonds is 2. The van der Waals surface area contributed by atoms with Gasteiger partial charge >= 0.3 is 12.0 Å². The highest BCUT2D eigenvalue weighted by Crippen LogP contribution is 2.35. The van der Waals surface area contributed by atoms with Crippen molar-refractivity contribution >= 4 is 17.4 Å². The summed E-state index contributed by atoms with van der Waals surface area (Å²) in [5.41, 5.74) is 2.08. The van der Waals surface area contributed by atoms with Crippen LogP contribution in [0.15, 0.2) is 35.4 Å². The van der Waals surface area contributed by atoms with E-state index >= 15 is 0 Å². The summed E-state index contributed by atoms with van der Waals surface area (Å²) in [6, 6.07) is 3.64. The zero-order chi connectivity index (χ0) is 12.5. The molecule has 17 heavy (non-hydrogen) atoms. The Morgan fingerprint density at radius 2 is 2.18 bits per heavy atom. The Balaban J connectivity index is 2.13. The molecule has 1 unspecified atom stereocenters. The highest BCUT2D eigenvalue weighted by atomic mass is 32.1. The van der Waals surface area contributed by atoms with Crippen molar-refractivity contribution < 1.29 is 23.1 Å². The first-order chi connectivity index (χ1) is 7.91. The number of halogens is 3. The van der Waals surface area contributed by atoms with Crippen molar-refractivity contribution in [1.29, 1.82) is 0 Å². The van der Waals surface area contributed by atoms with Crippen LogP contribution < -0.4 is 5.48 Å². The van der Waals surface area contributed by atoms with Gasteiger partial charge in [0.05, 0.1) is 5.70 Å². The summed E-state index contributed by atoms with van der Waals surface area (Å²) in [6.45, 7) is 0. The number of alkyl halides is 3. The van der Waals surface area contributed by atoms with Crippen LogP contribution in [-0.4, -0.2) is 17.1 Å². The van der Waals surface area contributed by atoms with Crippen LogP contribution in [0, 0.1) is 0 Å². The molecule has 1 atom stereocenters. The highest BCUT2D eigenvalue weighted by Gasteiger charge is 2.57. The normalized spacial score (nSPS) is 25.1. The maximum absolute atomic E-state index is 12.4. The average molecular weight is 263 g/mol. The predicted octanol–water partition coefficient (Wildman–Crippen LogP) is 2.43. The van der Waals surface area contributed by atoms with Crippen LogP contribution in [0.1, 0.15) is 4.88 Å². The minimum absolute atomic E-state index is 0.0539. The molecule has 0 fully saturated rings. The summed E-state index contributed by atoms with van der Waals surface area (Å²) in [4.78, 5) is 5.01. The van der Waals surface area contributed by atoms with Crippen LogP contribution >= 0.6 is 11.3 Å². The van der Waals surface area contributed by atoms with Crippen molar-refractivity contribution in [2.75, 3.05) is 0 Å². The molecule has 0 saturated carbocycles. The van der Waals surface area contributed by atoms with Crippen molar-refractivity contribution in [1.82, 2.24) is 5.48 Å². The lowest BCUT2D eigenvalue weighted by Gasteiger charge is -2.21. The van der Waals surface area contributed by atoms with E-state index in [0.717, 1.165) is 4.88 Å². The summed E-state index contributed by atoms with van der Waals surface area (Å²) in [5, 5.41) is 11.0. The van der Waals surface area contributed by atoms with E-state index in [1.54, 1.807) is 6.08 Å². The Kier molecular flexibility index (Phi) is 2.98. The summed E-state index contributed by atoms with van der Waals surface area (Å²) in [5.74, 6) is -3.26. The number of allylic oxidation sites excluding steroid dienone is 1. The topological polar surface area (TPSA) is 41.5 Å². The molecule has 92 valence electrons. The molecule has 0 amide bonds. The number of hydroxylamine groups is 1. The lowest BCUT2D eigenvalue weighted by atomic mass is 10.2. The summed E-state index contributed by atoms with van der Waals surface area (Å²) >= 11 is 1.44. The van der Waals surface area contributed by atoms with Gasteiger partial charge in [0.25, 0.3) is 0 Å². The predicted molar refractivity (Wildman–Crippen MR) is 56.7 cm³/mol. The fourth-order valence-electron chi connectivity index (χ4n) is 1.19. The van der Waals surface area contributed by atoms with E-state index in [2.05, 4.69) is 4.84 Å². The molecule has 0 aliphatic carbocycles. The van der Waals surface area contributed by atoms with Crippen LogP contribution in [-0.2, 0) is 4.84 Å². The third-order valence-electron chi connectivity index (χ3n) is 2.05. The Labute approximate surface area is 98.8 Å². The largest absolute Gasteiger partial charge is 0.449 e. The van der Waals surface area contributed by atoms with Gasteiger partial charge in [-0.3, -0.25) is 5.48 Å². The molecule has 1 aliphatic rings. The monoisotopic (exact) mass is 263 g/mol. The molecule has 2 N–H and O–H groups in total. The molecule has 0 spiro atoms. The van der Waals surface area contributed by atoms with Gasteiger partial charge < -0.3 is 5.11 Å². The Hall–Kier alpha value is -1.31. The van der Waals surface area contributed by atoms with Crippen LogP contribution in [0.4, 0.5) is 13.2 Å². The van der Waals surface area contributed by atoms with Crippen molar-refractivity contribution in [3.63, 3.8) is 0 Å². The molecular formula is C10H8F3NO2S. The third-order valence-corrected chi connectivity index (χ3v) is 2.89. The lowest BCUT2D eigenvalue weighted by molar-refractivity contribution is -0.346. The molecule has 0 aromatic carbocycles. The lowest BCUT2D eigenvalue weighted by Crippen LogP contribution is -2.45. The summed E-state index contributed by atoms with van der Waals surface area (Å²) in [6.07, 6.45) is -1.28. The molecule has 2 rings (SSSR count). The second-order valence-electron chi connectivity index (χ2n) is 3.35. The van der Waals surface area contributed by atoms with Gasteiger partial charge in [0.15, 0.2) is 0 Å². The maximum atomic E-state index is 12.4. The van der Waals surface area contributed by atoms with Crippen molar-refractivity contribution in [2.24, 2.45) is 0 Å². The second kappa shape index (κ2) is 4.17. The van der Waals surface area contributed by atoms with E-state index in [-0.39, 0.29) is 5.70 Å². The molecule has 0 saturated heterocycles. The van der Waals surface area contributed by atoms with Gasteiger partial charge in [0.1, 0.15) is 0 Å². The first kappa shape index (κ1) is 12.2. The fourth-order valence-corrected chi connectivity index (χ4v) is 1.80. The van der Waals surface area contributed by atoms with Gasteiger partial charge in [0.2, 0.25) is 0 Å². The molecular weight excluding hydrogens is 255 g/mol. The molecule has 2 heterocycles. The molecule has 7 heteroatoms. The molecule has 1 aromatic rings. The fraction of sp³-hybridized carbons (Fsp3) is 0.200. The number of hydrogen-bond acceptors (Lipinski definition) is 4. The smallest absolute Gasteiger partial charge is 0.354 e. The SMILES string of the molecule is OC1(C(F)(F)F)C=C(C=Cc2cccs2)NO1. The third kappa shape index (κ3) is 2.51. The standard InChI is InChI=1S/C10H8F3NO2S/c11-10(12,13)9(15)6-7(14-16-9)3-4-8-2-1-5-17-8/h1-6,14-15H. The van der Waals surface area contributed by atoms with E-state index in [1.807, 2.05) is 23.0 Å². The Morgan fingerprint density at radius 3 is 2.71 bits per heavy atom. The molecule has 1 aliphatic heterocycles. The Morgan fingerprint density at radius 1 is 1.41 bits per heavy atom. The zero-order valence-electron chi connectivity index (χ0n) is 8.36. The number of aliphatic hydroxyl groups is 1. The van der Waals surface area contributed by atoms with Gasteiger partial charge in [-0.25, -0.2) is 4.84 Å². The van der Waals surface area contributed by atoms with Crippen molar-refractivity contribution in [3.05, 3.63) is 40.2 Å². The van der Waals surface area contributed by atoms with Gasteiger partial charge in [0, 0.05) is 11.0 Å². The minimum atomic E-state index is -4.88. The highest BCUT2D eigenvalue weighted by molar-refractivity contribution is 7.10. The van der Waals surface area contributed by atoms with Gasteiger partial charge in [-0.05, 0) is 23.6 Å². The van der Waals surface area contributed by atoms with Crippen molar-refractivity contribution in [2.45, 2.75) is 12.0 Å². The van der Waals surface area contributed by atoms with Gasteiger partial charge in [-0.15, -0.1) is 11.3 Å². The summed E-state index contributed by atoms with van der Waals surface area (Å²) < 4.78 is 37.1. The van der Waals surface area contributed by atoms with E-state index in [9.17, 15) is 13.2 Å². The maximum Gasteiger partial charge on any atom is 0.449 e. The molecule has 3 nitrogen and oxygen atoms in total. The number of nitrogens with one attached hydrogen (secondary N) is 1. The minimum Gasteiger partial charge on any atom is -0.354 e. The second-order valence-corrected chi connectivity index (χ2v) is 4.33. The summed E-state index contributed by atoms with van der Waals surface area (Å²) in [7, 11) is 0. The van der Waals surface area contributed by atoms with E-state index in [1.165, 1.54) is 17.4 Å². The quantitative estimate of drug-likeness (QED) is 0.861. The van der Waals surface area contributed by atoms with Gasteiger partial charge in [-0.2, -0.15) is 13.2 Å². The first-order valence-corrected chi connectivity index (χ1v) is 5.46. The van der Waals surface area contributed by atoms with E-state index in [4.69, 9.17) is 5.11 Å². The number of thiophene rings is 1. The number of hydrogen-bond donors (Lipinski definition) is 2. The van der Waals surface area contributed by atoms with Gasteiger partial charge in [-0.1, -0.05) is 6.07 Å². The molecule has 0 bridgehead atoms. The molecule has 0 radical (unpaired) electrons. The van der Waals surface area contributed by atoms with Crippen LogP contribution in [0.25, 0.3) is 6.08 Å². The molecule has 1 aromatic heterocycles. The average Bonchev–Trinajstić information content (AvgIpc) is 2.83. The van der Waals surface area contributed by atoms with Crippen LogP contribution in [0.5, 0.6) is 0 Å². The van der Waals surface area contributed by atoms with Crippen LogP contribution in [0.2, 0.25) is 0 Å². The van der Waals surface area contributed by atoms with Crippen molar-refractivity contribution in [3.8, 4) is 0 Å². The zero-order valence-corrected chi connectivity index (χ0v) is 9.18.